The number of ether oxygens (including phenoxy) is 1. The van der Waals surface area contributed by atoms with E-state index in [1.165, 1.54) is 20.9 Å². The third kappa shape index (κ3) is 4.39. The van der Waals surface area contributed by atoms with E-state index in [9.17, 15) is 0 Å². The number of nitrogens with zero attached hydrogens (tertiary/aromatic N) is 2. The smallest absolute Gasteiger partial charge is 0.105 e. The molecule has 1 saturated heterocycles. The zero-order valence-corrected chi connectivity index (χ0v) is 18.1. The van der Waals surface area contributed by atoms with E-state index >= 15 is 0 Å². The van der Waals surface area contributed by atoms with Crippen molar-refractivity contribution in [3.63, 3.8) is 0 Å². The Morgan fingerprint density at radius 2 is 1.93 bits per heavy atom. The third-order valence-corrected chi connectivity index (χ3v) is 7.03. The second-order valence-electron chi connectivity index (χ2n) is 7.43. The molecule has 1 aromatic heterocycles. The van der Waals surface area contributed by atoms with Crippen LogP contribution in [-0.2, 0) is 16.7 Å². The minimum Gasteiger partial charge on any atom is -0.393 e. The molecule has 150 valence electrons. The highest BCUT2D eigenvalue weighted by molar-refractivity contribution is 7.99. The lowest BCUT2D eigenvalue weighted by molar-refractivity contribution is 0.0711. The minimum atomic E-state index is -0.253. The highest BCUT2D eigenvalue weighted by Gasteiger charge is 2.37. The molecule has 2 heterocycles. The largest absolute Gasteiger partial charge is 0.393 e. The van der Waals surface area contributed by atoms with Gasteiger partial charge < -0.3 is 15.0 Å². The molecule has 6 heteroatoms. The summed E-state index contributed by atoms with van der Waals surface area (Å²) in [7, 11) is 0. The summed E-state index contributed by atoms with van der Waals surface area (Å²) in [4.78, 5) is 7.26. The zero-order valence-electron chi connectivity index (χ0n) is 16.5. The van der Waals surface area contributed by atoms with E-state index in [-0.39, 0.29) is 5.41 Å². The molecular weight excluding hydrogens is 398 g/mol. The second kappa shape index (κ2) is 8.69. The van der Waals surface area contributed by atoms with Crippen molar-refractivity contribution in [2.75, 3.05) is 13.2 Å². The lowest BCUT2D eigenvalue weighted by atomic mass is 9.74. The van der Waals surface area contributed by atoms with Gasteiger partial charge in [-0.2, -0.15) is 0 Å². The third-order valence-electron chi connectivity index (χ3n) is 5.64. The predicted octanol–water partition coefficient (Wildman–Crippen LogP) is 4.73. The van der Waals surface area contributed by atoms with Crippen molar-refractivity contribution in [2.45, 2.75) is 41.5 Å². The number of nitrogens with two attached hydrogens (primary N) is 1. The van der Waals surface area contributed by atoms with Crippen LogP contribution < -0.4 is 5.73 Å². The number of hydrogen-bond acceptors (Lipinski definition) is 4. The van der Waals surface area contributed by atoms with Gasteiger partial charge in [0.1, 0.15) is 5.82 Å². The number of rotatable bonds is 6. The highest BCUT2D eigenvalue weighted by atomic mass is 32.2. The van der Waals surface area contributed by atoms with Crippen LogP contribution in [0.15, 0.2) is 70.7 Å². The van der Waals surface area contributed by atoms with Gasteiger partial charge in [0.2, 0.25) is 0 Å². The molecule has 1 aliphatic heterocycles. The van der Waals surface area contributed by atoms with Crippen molar-refractivity contribution in [1.82, 2.24) is 9.55 Å². The topological polar surface area (TPSA) is 53.1 Å². The molecule has 3 aromatic rings. The fourth-order valence-corrected chi connectivity index (χ4v) is 5.02. The second-order valence-corrected chi connectivity index (χ2v) is 9.02. The zero-order chi connectivity index (χ0) is 20.3. The summed E-state index contributed by atoms with van der Waals surface area (Å²) in [6, 6.07) is 17.3. The van der Waals surface area contributed by atoms with Gasteiger partial charge in [-0.1, -0.05) is 48.2 Å². The van der Waals surface area contributed by atoms with Gasteiger partial charge in [-0.3, -0.25) is 0 Å². The number of thiocarbonyl (C=S) groups is 1. The maximum atomic E-state index is 6.18. The fraction of sp³-hybridized carbons (Fsp3) is 0.304. The summed E-state index contributed by atoms with van der Waals surface area (Å²) in [5.74, 6) is 1.03. The van der Waals surface area contributed by atoms with Crippen LogP contribution >= 0.6 is 24.0 Å². The summed E-state index contributed by atoms with van der Waals surface area (Å²) in [6.07, 6.45) is 5.54. The molecule has 29 heavy (non-hydrogen) atoms. The van der Waals surface area contributed by atoms with Crippen molar-refractivity contribution < 1.29 is 4.74 Å². The molecular formula is C23H25N3OS2. The Morgan fingerprint density at radius 3 is 2.59 bits per heavy atom. The molecule has 0 saturated carbocycles. The van der Waals surface area contributed by atoms with Crippen LogP contribution in [-0.4, -0.2) is 27.8 Å². The standard InChI is InChI=1S/C23H25N3OS2/c1-17-25-11-12-26(17)16-18-5-7-20(8-6-18)29-21-4-2-3-19(15-21)23(22(24)28)9-13-27-14-10-23/h2-8,11-12,15H,9-10,13-14,16H2,1H3,(H2,24,28). The van der Waals surface area contributed by atoms with Crippen LogP contribution in [0.4, 0.5) is 0 Å². The molecule has 0 radical (unpaired) electrons. The van der Waals surface area contributed by atoms with Crippen molar-refractivity contribution in [2.24, 2.45) is 5.73 Å². The fourth-order valence-electron chi connectivity index (χ4n) is 3.82. The van der Waals surface area contributed by atoms with Crippen LogP contribution in [0.3, 0.4) is 0 Å². The molecule has 2 aromatic carbocycles. The Hall–Kier alpha value is -2.15. The Morgan fingerprint density at radius 1 is 1.17 bits per heavy atom. The maximum Gasteiger partial charge on any atom is 0.105 e. The van der Waals surface area contributed by atoms with Crippen LogP contribution in [0.2, 0.25) is 0 Å². The molecule has 4 nitrogen and oxygen atoms in total. The number of benzene rings is 2. The Kier molecular flexibility index (Phi) is 6.04. The first-order valence-corrected chi connectivity index (χ1v) is 11.0. The Balaban J connectivity index is 1.50. The maximum absolute atomic E-state index is 6.18. The average molecular weight is 424 g/mol. The van der Waals surface area contributed by atoms with Crippen LogP contribution in [0.5, 0.6) is 0 Å². The molecule has 0 aliphatic carbocycles. The summed E-state index contributed by atoms with van der Waals surface area (Å²) >= 11 is 7.22. The molecule has 2 N–H and O–H groups in total. The normalized spacial score (nSPS) is 15.9. The van der Waals surface area contributed by atoms with E-state index in [1.807, 2.05) is 19.3 Å². The average Bonchev–Trinajstić information content (AvgIpc) is 3.14. The van der Waals surface area contributed by atoms with E-state index < -0.39 is 0 Å². The van der Waals surface area contributed by atoms with E-state index in [2.05, 4.69) is 58.1 Å². The van der Waals surface area contributed by atoms with Gasteiger partial charge in [0.05, 0.1) is 4.99 Å². The van der Waals surface area contributed by atoms with Crippen LogP contribution in [0.25, 0.3) is 0 Å². The van der Waals surface area contributed by atoms with Crippen LogP contribution in [0, 0.1) is 6.92 Å². The molecule has 0 atom stereocenters. The van der Waals surface area contributed by atoms with Gasteiger partial charge in [-0.15, -0.1) is 0 Å². The molecule has 0 spiro atoms. The molecule has 0 bridgehead atoms. The van der Waals surface area contributed by atoms with Gasteiger partial charge >= 0.3 is 0 Å². The van der Waals surface area contributed by atoms with Crippen molar-refractivity contribution >= 4 is 29.0 Å². The first-order chi connectivity index (χ1) is 14.1. The summed E-state index contributed by atoms with van der Waals surface area (Å²) in [5, 5.41) is 0. The number of imidazole rings is 1. The minimum absolute atomic E-state index is 0.253. The lowest BCUT2D eigenvalue weighted by Gasteiger charge is -2.37. The van der Waals surface area contributed by atoms with E-state index in [0.29, 0.717) is 18.2 Å². The summed E-state index contributed by atoms with van der Waals surface area (Å²) in [5.41, 5.74) is 8.39. The molecule has 0 unspecified atom stereocenters. The van der Waals surface area contributed by atoms with E-state index in [4.69, 9.17) is 22.7 Å². The lowest BCUT2D eigenvalue weighted by Crippen LogP contribution is -2.44. The van der Waals surface area contributed by atoms with Gasteiger partial charge in [0.15, 0.2) is 0 Å². The van der Waals surface area contributed by atoms with Crippen molar-refractivity contribution in [3.05, 3.63) is 77.9 Å². The van der Waals surface area contributed by atoms with Gasteiger partial charge in [-0.25, -0.2) is 4.98 Å². The number of aromatic nitrogens is 2. The van der Waals surface area contributed by atoms with Crippen molar-refractivity contribution in [1.29, 1.82) is 0 Å². The SMILES string of the molecule is Cc1nccn1Cc1ccc(Sc2cccc(C3(C(N)=S)CCOCC3)c2)cc1. The Labute approximate surface area is 181 Å². The summed E-state index contributed by atoms with van der Waals surface area (Å²) < 4.78 is 7.70. The molecule has 1 fully saturated rings. The van der Waals surface area contributed by atoms with Crippen molar-refractivity contribution in [3.8, 4) is 0 Å². The van der Waals surface area contributed by atoms with Gasteiger partial charge in [0, 0.05) is 47.4 Å². The van der Waals surface area contributed by atoms with Crippen LogP contribution in [0.1, 0.15) is 29.8 Å². The number of hydrogen-bond donors (Lipinski definition) is 1. The van der Waals surface area contributed by atoms with Gasteiger partial charge in [-0.05, 0) is 55.2 Å². The van der Waals surface area contributed by atoms with Gasteiger partial charge in [0.25, 0.3) is 0 Å². The Bertz CT molecular complexity index is 991. The molecule has 1 aliphatic rings. The molecule has 4 rings (SSSR count). The first kappa shape index (κ1) is 20.1. The highest BCUT2D eigenvalue weighted by Crippen LogP contribution is 2.38. The van der Waals surface area contributed by atoms with E-state index in [1.54, 1.807) is 11.8 Å². The first-order valence-electron chi connectivity index (χ1n) is 9.79. The van der Waals surface area contributed by atoms with E-state index in [0.717, 1.165) is 25.2 Å². The number of aryl methyl sites for hydroxylation is 1. The quantitative estimate of drug-likeness (QED) is 0.581. The monoisotopic (exact) mass is 423 g/mol. The molecule has 0 amide bonds. The summed E-state index contributed by atoms with van der Waals surface area (Å²) in [6.45, 7) is 4.26. The predicted molar refractivity (Wildman–Crippen MR) is 122 cm³/mol.